The monoisotopic (exact) mass is 543 g/mol. The summed E-state index contributed by atoms with van der Waals surface area (Å²) in [5.74, 6) is 0.822. The van der Waals surface area contributed by atoms with E-state index in [1.165, 1.54) is 11.3 Å². The van der Waals surface area contributed by atoms with E-state index >= 15 is 0 Å². The van der Waals surface area contributed by atoms with Crippen LogP contribution in [0.25, 0.3) is 10.1 Å². The zero-order valence-electron chi connectivity index (χ0n) is 21.4. The van der Waals surface area contributed by atoms with Gasteiger partial charge in [-0.05, 0) is 24.3 Å². The van der Waals surface area contributed by atoms with Gasteiger partial charge in [-0.2, -0.15) is 0 Å². The van der Waals surface area contributed by atoms with Gasteiger partial charge < -0.3 is 25.0 Å². The smallest absolute Gasteiger partial charge is 0.257 e. The summed E-state index contributed by atoms with van der Waals surface area (Å²) in [7, 11) is 0. The fourth-order valence-corrected chi connectivity index (χ4v) is 5.82. The average Bonchev–Trinajstić information content (AvgIpc) is 3.42. The first-order valence-corrected chi connectivity index (χ1v) is 13.9. The van der Waals surface area contributed by atoms with Crippen molar-refractivity contribution in [2.45, 2.75) is 0 Å². The Balaban J connectivity index is 1.28. The molecule has 0 radical (unpaired) electrons. The van der Waals surface area contributed by atoms with E-state index in [4.69, 9.17) is 9.47 Å². The number of hydrogen-bond donors (Lipinski definition) is 2. The van der Waals surface area contributed by atoms with E-state index in [0.717, 1.165) is 41.2 Å². The molecule has 10 heteroatoms. The van der Waals surface area contributed by atoms with E-state index in [0.29, 0.717) is 55.5 Å². The van der Waals surface area contributed by atoms with Gasteiger partial charge in [-0.15, -0.1) is 11.3 Å². The molecular formula is C29H29N5O4S. The standard InChI is InChI=1S/C29H29N5O4S/c35-28(30-9-10-33-11-14-37-15-12-33)20-17-23(32-29(36)22-19-39-26-8-4-1-5-21(22)26)27(31-18-20)34-13-16-38-25-7-3-2-6-24(25)34/h1-8,17-19H,9-16H2,(H,30,35)(H,32,36). The first-order valence-electron chi connectivity index (χ1n) is 13.0. The van der Waals surface area contributed by atoms with Crippen molar-refractivity contribution in [2.75, 3.05) is 62.8 Å². The number of rotatable bonds is 7. The lowest BCUT2D eigenvalue weighted by molar-refractivity contribution is 0.0383. The molecule has 0 bridgehead atoms. The third-order valence-electron chi connectivity index (χ3n) is 6.90. The van der Waals surface area contributed by atoms with Gasteiger partial charge >= 0.3 is 0 Å². The van der Waals surface area contributed by atoms with Gasteiger partial charge in [-0.3, -0.25) is 14.5 Å². The number of hydrogen-bond acceptors (Lipinski definition) is 8. The van der Waals surface area contributed by atoms with Crippen molar-refractivity contribution in [1.29, 1.82) is 0 Å². The molecule has 1 fully saturated rings. The Labute approximate surface area is 230 Å². The maximum Gasteiger partial charge on any atom is 0.257 e. The quantitative estimate of drug-likeness (QED) is 0.362. The third kappa shape index (κ3) is 5.44. The Kier molecular flexibility index (Phi) is 7.40. The van der Waals surface area contributed by atoms with E-state index in [-0.39, 0.29) is 11.8 Å². The Morgan fingerprint density at radius 3 is 2.69 bits per heavy atom. The molecule has 0 unspecified atom stereocenters. The third-order valence-corrected chi connectivity index (χ3v) is 7.87. The van der Waals surface area contributed by atoms with E-state index in [1.807, 2.05) is 58.8 Å². The second-order valence-corrected chi connectivity index (χ2v) is 10.3. The zero-order chi connectivity index (χ0) is 26.6. The minimum atomic E-state index is -0.248. The molecule has 39 heavy (non-hydrogen) atoms. The van der Waals surface area contributed by atoms with E-state index in [2.05, 4.69) is 20.5 Å². The lowest BCUT2D eigenvalue weighted by Gasteiger charge is -2.31. The number of fused-ring (bicyclic) bond motifs is 2. The predicted octanol–water partition coefficient (Wildman–Crippen LogP) is 4.14. The van der Waals surface area contributed by atoms with Crippen LogP contribution in [0.4, 0.5) is 17.2 Å². The van der Waals surface area contributed by atoms with Crippen LogP contribution in [0.5, 0.6) is 5.75 Å². The van der Waals surface area contributed by atoms with Gasteiger partial charge in [-0.25, -0.2) is 4.98 Å². The summed E-state index contributed by atoms with van der Waals surface area (Å²) in [6.45, 7) is 5.45. The maximum absolute atomic E-state index is 13.5. The summed E-state index contributed by atoms with van der Waals surface area (Å²) in [5, 5.41) is 8.80. The van der Waals surface area contributed by atoms with Crippen molar-refractivity contribution in [2.24, 2.45) is 0 Å². The highest BCUT2D eigenvalue weighted by Crippen LogP contribution is 2.39. The van der Waals surface area contributed by atoms with Crippen LogP contribution in [0.15, 0.2) is 66.2 Å². The molecule has 0 spiro atoms. The van der Waals surface area contributed by atoms with Gasteiger partial charge in [0, 0.05) is 47.8 Å². The number of pyridine rings is 1. The number of anilines is 3. The predicted molar refractivity (Wildman–Crippen MR) is 153 cm³/mol. The summed E-state index contributed by atoms with van der Waals surface area (Å²) in [6.07, 6.45) is 1.56. The Bertz CT molecular complexity index is 1500. The van der Waals surface area contributed by atoms with Crippen molar-refractivity contribution in [3.63, 3.8) is 0 Å². The lowest BCUT2D eigenvalue weighted by Crippen LogP contribution is -2.41. The molecule has 2 N–H and O–H groups in total. The molecule has 1 saturated heterocycles. The number of morpholine rings is 1. The second kappa shape index (κ2) is 11.4. The molecule has 9 nitrogen and oxygen atoms in total. The Morgan fingerprint density at radius 1 is 0.974 bits per heavy atom. The minimum absolute atomic E-state index is 0.235. The lowest BCUT2D eigenvalue weighted by atomic mass is 10.1. The number of thiophene rings is 1. The summed E-state index contributed by atoms with van der Waals surface area (Å²) in [6, 6.07) is 17.2. The topological polar surface area (TPSA) is 96.0 Å². The number of carbonyl (C=O) groups is 2. The van der Waals surface area contributed by atoms with Crippen molar-refractivity contribution >= 4 is 50.4 Å². The van der Waals surface area contributed by atoms with E-state index < -0.39 is 0 Å². The molecule has 0 atom stereocenters. The highest BCUT2D eigenvalue weighted by molar-refractivity contribution is 7.17. The summed E-state index contributed by atoms with van der Waals surface area (Å²) in [4.78, 5) is 35.5. The van der Waals surface area contributed by atoms with Crippen LogP contribution in [0.3, 0.4) is 0 Å². The van der Waals surface area contributed by atoms with Crippen LogP contribution < -0.4 is 20.3 Å². The molecular weight excluding hydrogens is 514 g/mol. The van der Waals surface area contributed by atoms with Crippen molar-refractivity contribution in [3.05, 3.63) is 77.3 Å². The molecule has 4 aromatic rings. The Hall–Kier alpha value is -3.99. The molecule has 2 aromatic heterocycles. The van der Waals surface area contributed by atoms with Crippen LogP contribution in [-0.4, -0.2) is 74.2 Å². The van der Waals surface area contributed by atoms with Gasteiger partial charge in [0.05, 0.1) is 42.3 Å². The zero-order valence-corrected chi connectivity index (χ0v) is 22.2. The number of benzene rings is 2. The Morgan fingerprint density at radius 2 is 1.79 bits per heavy atom. The summed E-state index contributed by atoms with van der Waals surface area (Å²) >= 11 is 1.53. The largest absolute Gasteiger partial charge is 0.490 e. The maximum atomic E-state index is 13.5. The number of ether oxygens (including phenoxy) is 2. The highest BCUT2D eigenvalue weighted by Gasteiger charge is 2.25. The number of aromatic nitrogens is 1. The van der Waals surface area contributed by atoms with Gasteiger partial charge in [0.15, 0.2) is 5.82 Å². The van der Waals surface area contributed by atoms with E-state index in [9.17, 15) is 9.59 Å². The second-order valence-electron chi connectivity index (χ2n) is 9.37. The van der Waals surface area contributed by atoms with Crippen molar-refractivity contribution < 1.29 is 19.1 Å². The summed E-state index contributed by atoms with van der Waals surface area (Å²) in [5.41, 5.74) is 2.29. The molecule has 0 saturated carbocycles. The summed E-state index contributed by atoms with van der Waals surface area (Å²) < 4.78 is 12.3. The molecule has 200 valence electrons. The van der Waals surface area contributed by atoms with Crippen LogP contribution >= 0.6 is 11.3 Å². The van der Waals surface area contributed by atoms with Crippen molar-refractivity contribution in [3.8, 4) is 5.75 Å². The molecule has 2 amide bonds. The van der Waals surface area contributed by atoms with Gasteiger partial charge in [-0.1, -0.05) is 30.3 Å². The van der Waals surface area contributed by atoms with Crippen LogP contribution in [0, 0.1) is 0 Å². The van der Waals surface area contributed by atoms with Gasteiger partial charge in [0.2, 0.25) is 0 Å². The molecule has 4 heterocycles. The minimum Gasteiger partial charge on any atom is -0.490 e. The molecule has 6 rings (SSSR count). The molecule has 0 aliphatic carbocycles. The molecule has 2 aliphatic rings. The van der Waals surface area contributed by atoms with Crippen LogP contribution in [0.1, 0.15) is 20.7 Å². The SMILES string of the molecule is O=C(NCCN1CCOCC1)c1cnc(N2CCOc3ccccc32)c(NC(=O)c2csc3ccccc23)c1. The number of nitrogens with one attached hydrogen (secondary N) is 2. The van der Waals surface area contributed by atoms with Crippen LogP contribution in [0.2, 0.25) is 0 Å². The number of amides is 2. The first-order chi connectivity index (χ1) is 19.2. The van der Waals surface area contributed by atoms with Gasteiger partial charge in [0.1, 0.15) is 12.4 Å². The number of carbonyl (C=O) groups excluding carboxylic acids is 2. The number of para-hydroxylation sites is 2. The molecule has 2 aromatic carbocycles. The fourth-order valence-electron chi connectivity index (χ4n) is 4.88. The average molecular weight is 544 g/mol. The fraction of sp³-hybridized carbons (Fsp3) is 0.276. The van der Waals surface area contributed by atoms with Crippen molar-refractivity contribution in [1.82, 2.24) is 15.2 Å². The van der Waals surface area contributed by atoms with E-state index in [1.54, 1.807) is 12.3 Å². The van der Waals surface area contributed by atoms with Crippen LogP contribution in [-0.2, 0) is 4.74 Å². The van der Waals surface area contributed by atoms with Gasteiger partial charge in [0.25, 0.3) is 11.8 Å². The normalized spacial score (nSPS) is 15.4. The first kappa shape index (κ1) is 25.3. The highest BCUT2D eigenvalue weighted by atomic mass is 32.1. The number of nitrogens with zero attached hydrogens (tertiary/aromatic N) is 3. The molecule has 2 aliphatic heterocycles.